The molecular formula is C13H10Br2O2S. The summed E-state index contributed by atoms with van der Waals surface area (Å²) in [6.07, 6.45) is 0. The molecule has 0 bridgehead atoms. The van der Waals surface area contributed by atoms with E-state index >= 15 is 0 Å². The first-order valence-corrected chi connectivity index (χ1v) is 8.44. The molecule has 0 fully saturated rings. The normalized spacial score (nSPS) is 11.4. The zero-order valence-electron chi connectivity index (χ0n) is 9.31. The molecule has 0 aliphatic carbocycles. The van der Waals surface area contributed by atoms with E-state index in [9.17, 15) is 8.42 Å². The lowest BCUT2D eigenvalue weighted by molar-refractivity contribution is 0.595. The van der Waals surface area contributed by atoms with Crippen molar-refractivity contribution in [2.75, 3.05) is 0 Å². The van der Waals surface area contributed by atoms with E-state index in [1.165, 1.54) is 0 Å². The molecule has 94 valence electrons. The van der Waals surface area contributed by atoms with Crippen molar-refractivity contribution in [2.45, 2.75) is 10.6 Å². The zero-order chi connectivity index (χ0) is 13.2. The second kappa shape index (κ2) is 5.55. The van der Waals surface area contributed by atoms with Gasteiger partial charge in [-0.1, -0.05) is 44.0 Å². The van der Waals surface area contributed by atoms with E-state index in [0.717, 1.165) is 14.5 Å². The first-order valence-electron chi connectivity index (χ1n) is 5.20. The Hall–Kier alpha value is -0.650. The van der Waals surface area contributed by atoms with E-state index in [-0.39, 0.29) is 5.75 Å². The fourth-order valence-electron chi connectivity index (χ4n) is 1.53. The van der Waals surface area contributed by atoms with Crippen molar-refractivity contribution in [2.24, 2.45) is 0 Å². The largest absolute Gasteiger partial charge is 0.223 e. The Kier molecular flexibility index (Phi) is 4.25. The first kappa shape index (κ1) is 13.8. The van der Waals surface area contributed by atoms with E-state index in [1.54, 1.807) is 36.4 Å². The van der Waals surface area contributed by atoms with Crippen LogP contribution in [0.4, 0.5) is 0 Å². The van der Waals surface area contributed by atoms with Crippen LogP contribution in [0.5, 0.6) is 0 Å². The van der Waals surface area contributed by atoms with Gasteiger partial charge in [0, 0.05) is 8.95 Å². The molecule has 0 spiro atoms. The van der Waals surface area contributed by atoms with Crippen LogP contribution in [0.3, 0.4) is 0 Å². The van der Waals surface area contributed by atoms with Crippen LogP contribution in [0.15, 0.2) is 62.4 Å². The summed E-state index contributed by atoms with van der Waals surface area (Å²) in [6.45, 7) is 0. The standard InChI is InChI=1S/C13H10Br2O2S/c14-11-3-1-10(2-4-11)9-18(16,17)13-7-5-12(15)6-8-13/h1-8H,9H2. The molecule has 0 aromatic heterocycles. The molecule has 5 heteroatoms. The minimum absolute atomic E-state index is 0.0158. The fourth-order valence-corrected chi connectivity index (χ4v) is 3.40. The van der Waals surface area contributed by atoms with Crippen molar-refractivity contribution in [1.29, 1.82) is 0 Å². The highest BCUT2D eigenvalue weighted by Gasteiger charge is 2.14. The van der Waals surface area contributed by atoms with E-state index < -0.39 is 9.84 Å². The summed E-state index contributed by atoms with van der Waals surface area (Å²) >= 11 is 6.61. The van der Waals surface area contributed by atoms with Crippen LogP contribution < -0.4 is 0 Å². The summed E-state index contributed by atoms with van der Waals surface area (Å²) in [4.78, 5) is 0.341. The van der Waals surface area contributed by atoms with E-state index in [4.69, 9.17) is 0 Å². The zero-order valence-corrected chi connectivity index (χ0v) is 13.3. The van der Waals surface area contributed by atoms with Gasteiger partial charge in [0.25, 0.3) is 0 Å². The lowest BCUT2D eigenvalue weighted by Gasteiger charge is -2.05. The molecular weight excluding hydrogens is 380 g/mol. The summed E-state index contributed by atoms with van der Waals surface area (Å²) in [5.74, 6) is 0.0158. The highest BCUT2D eigenvalue weighted by molar-refractivity contribution is 9.10. The van der Waals surface area contributed by atoms with E-state index in [0.29, 0.717) is 4.90 Å². The third kappa shape index (κ3) is 3.43. The Morgan fingerprint density at radius 2 is 1.22 bits per heavy atom. The predicted molar refractivity (Wildman–Crippen MR) is 79.2 cm³/mol. The van der Waals surface area contributed by atoms with Crippen LogP contribution in [-0.4, -0.2) is 8.42 Å². The summed E-state index contributed by atoms with van der Waals surface area (Å²) in [5, 5.41) is 0. The third-order valence-electron chi connectivity index (χ3n) is 2.44. The van der Waals surface area contributed by atoms with Gasteiger partial charge in [-0.3, -0.25) is 0 Å². The molecule has 2 rings (SSSR count). The Morgan fingerprint density at radius 3 is 1.72 bits per heavy atom. The fraction of sp³-hybridized carbons (Fsp3) is 0.0769. The summed E-state index contributed by atoms with van der Waals surface area (Å²) in [6, 6.07) is 14.0. The Bertz CT molecular complexity index is 632. The van der Waals surface area contributed by atoms with Gasteiger partial charge in [0.15, 0.2) is 9.84 Å². The van der Waals surface area contributed by atoms with Crippen LogP contribution in [0, 0.1) is 0 Å². The van der Waals surface area contributed by atoms with Gasteiger partial charge in [-0.2, -0.15) is 0 Å². The molecule has 0 heterocycles. The Labute approximate surface area is 123 Å². The number of rotatable bonds is 3. The Morgan fingerprint density at radius 1 is 0.778 bits per heavy atom. The predicted octanol–water partition coefficient (Wildman–Crippen LogP) is 4.19. The highest BCUT2D eigenvalue weighted by atomic mass is 79.9. The van der Waals surface area contributed by atoms with Gasteiger partial charge in [-0.15, -0.1) is 0 Å². The summed E-state index contributed by atoms with van der Waals surface area (Å²) in [7, 11) is -3.28. The van der Waals surface area contributed by atoms with Crippen LogP contribution in [-0.2, 0) is 15.6 Å². The second-order valence-corrected chi connectivity index (χ2v) is 7.66. The van der Waals surface area contributed by atoms with Gasteiger partial charge in [0.05, 0.1) is 10.6 Å². The van der Waals surface area contributed by atoms with Gasteiger partial charge in [-0.05, 0) is 42.0 Å². The van der Waals surface area contributed by atoms with Crippen molar-refractivity contribution in [3.8, 4) is 0 Å². The lowest BCUT2D eigenvalue weighted by atomic mass is 10.2. The molecule has 0 aliphatic rings. The highest BCUT2D eigenvalue weighted by Crippen LogP contribution is 2.20. The average Bonchev–Trinajstić information content (AvgIpc) is 2.32. The van der Waals surface area contributed by atoms with Crippen molar-refractivity contribution in [3.05, 3.63) is 63.0 Å². The number of halogens is 2. The Balaban J connectivity index is 2.27. The molecule has 0 saturated heterocycles. The number of sulfone groups is 1. The minimum Gasteiger partial charge on any atom is -0.223 e. The maximum Gasteiger partial charge on any atom is 0.182 e. The minimum atomic E-state index is -3.28. The average molecular weight is 390 g/mol. The molecule has 0 atom stereocenters. The van der Waals surface area contributed by atoms with Crippen molar-refractivity contribution in [1.82, 2.24) is 0 Å². The summed E-state index contributed by atoms with van der Waals surface area (Å²) in [5.41, 5.74) is 0.779. The van der Waals surface area contributed by atoms with E-state index in [1.807, 2.05) is 12.1 Å². The SMILES string of the molecule is O=S(=O)(Cc1ccc(Br)cc1)c1ccc(Br)cc1. The van der Waals surface area contributed by atoms with Gasteiger partial charge < -0.3 is 0 Å². The van der Waals surface area contributed by atoms with Crippen molar-refractivity contribution in [3.63, 3.8) is 0 Å². The maximum absolute atomic E-state index is 12.2. The third-order valence-corrected chi connectivity index (χ3v) is 5.20. The van der Waals surface area contributed by atoms with Crippen LogP contribution >= 0.6 is 31.9 Å². The van der Waals surface area contributed by atoms with Gasteiger partial charge in [0.2, 0.25) is 0 Å². The molecule has 0 N–H and O–H groups in total. The molecule has 18 heavy (non-hydrogen) atoms. The molecule has 0 saturated carbocycles. The summed E-state index contributed by atoms with van der Waals surface area (Å²) < 4.78 is 26.1. The lowest BCUT2D eigenvalue weighted by Crippen LogP contribution is -2.04. The molecule has 0 aliphatic heterocycles. The number of hydrogen-bond acceptors (Lipinski definition) is 2. The van der Waals surface area contributed by atoms with Crippen LogP contribution in [0.25, 0.3) is 0 Å². The van der Waals surface area contributed by atoms with Gasteiger partial charge >= 0.3 is 0 Å². The molecule has 0 unspecified atom stereocenters. The quantitative estimate of drug-likeness (QED) is 0.788. The molecule has 2 nitrogen and oxygen atoms in total. The van der Waals surface area contributed by atoms with Crippen LogP contribution in [0.1, 0.15) is 5.56 Å². The number of hydrogen-bond donors (Lipinski definition) is 0. The molecule has 2 aromatic rings. The smallest absolute Gasteiger partial charge is 0.182 e. The van der Waals surface area contributed by atoms with Crippen LogP contribution in [0.2, 0.25) is 0 Å². The van der Waals surface area contributed by atoms with Crippen molar-refractivity contribution < 1.29 is 8.42 Å². The topological polar surface area (TPSA) is 34.1 Å². The molecule has 2 aromatic carbocycles. The monoisotopic (exact) mass is 388 g/mol. The van der Waals surface area contributed by atoms with Gasteiger partial charge in [-0.25, -0.2) is 8.42 Å². The molecule has 0 amide bonds. The number of benzene rings is 2. The van der Waals surface area contributed by atoms with Crippen molar-refractivity contribution >= 4 is 41.7 Å². The van der Waals surface area contributed by atoms with E-state index in [2.05, 4.69) is 31.9 Å². The van der Waals surface area contributed by atoms with Gasteiger partial charge in [0.1, 0.15) is 0 Å². The molecule has 0 radical (unpaired) electrons. The second-order valence-electron chi connectivity index (χ2n) is 3.84. The first-order chi connectivity index (χ1) is 8.47. The maximum atomic E-state index is 12.2.